The lowest BCUT2D eigenvalue weighted by Crippen LogP contribution is -2.06. The van der Waals surface area contributed by atoms with Crippen molar-refractivity contribution in [3.8, 4) is 11.5 Å². The van der Waals surface area contributed by atoms with Crippen LogP contribution in [0.25, 0.3) is 11.5 Å². The molecule has 0 aliphatic heterocycles. The number of nitrogens with zero attached hydrogens (tertiary/aromatic N) is 2. The Balaban J connectivity index is 1.39. The fraction of sp³-hybridized carbons (Fsp3) is 0.105. The molecule has 0 unspecified atom stereocenters. The number of carbonyl (C=O) groups is 1. The lowest BCUT2D eigenvalue weighted by molar-refractivity contribution is 0.0460. The van der Waals surface area contributed by atoms with E-state index in [1.807, 2.05) is 23.6 Å². The van der Waals surface area contributed by atoms with Crippen LogP contribution in [0.3, 0.4) is 0 Å². The van der Waals surface area contributed by atoms with Crippen LogP contribution in [0.2, 0.25) is 0 Å². The van der Waals surface area contributed by atoms with E-state index in [0.717, 1.165) is 10.6 Å². The molecular weight excluding hydrogens is 384 g/mol. The summed E-state index contributed by atoms with van der Waals surface area (Å²) in [5.41, 5.74) is 3.82. The summed E-state index contributed by atoms with van der Waals surface area (Å²) in [5, 5.41) is 5.90. The van der Waals surface area contributed by atoms with E-state index in [0.29, 0.717) is 28.5 Å². The quantitative estimate of drug-likeness (QED) is 0.319. The Morgan fingerprint density at radius 1 is 1.15 bits per heavy atom. The molecule has 136 valence electrons. The predicted molar refractivity (Wildman–Crippen MR) is 101 cm³/mol. The average molecular weight is 398 g/mol. The van der Waals surface area contributed by atoms with E-state index in [1.165, 1.54) is 0 Å². The van der Waals surface area contributed by atoms with Crippen molar-refractivity contribution in [3.05, 3.63) is 76.6 Å². The first-order valence-corrected chi connectivity index (χ1v) is 9.98. The Labute approximate surface area is 163 Å². The molecule has 27 heavy (non-hydrogen) atoms. The fourth-order valence-corrected chi connectivity index (χ4v) is 3.96. The third kappa shape index (κ3) is 4.29. The van der Waals surface area contributed by atoms with Gasteiger partial charge in [-0.2, -0.15) is 0 Å². The molecule has 3 heterocycles. The van der Waals surface area contributed by atoms with E-state index < -0.39 is 5.97 Å². The number of aromatic nitrogens is 2. The van der Waals surface area contributed by atoms with Gasteiger partial charge in [-0.05, 0) is 24.3 Å². The number of hydrogen-bond acceptors (Lipinski definition) is 8. The predicted octanol–water partition coefficient (Wildman–Crippen LogP) is 5.04. The molecule has 0 bridgehead atoms. The Morgan fingerprint density at radius 3 is 2.89 bits per heavy atom. The summed E-state index contributed by atoms with van der Waals surface area (Å²) in [6.07, 6.45) is 1.55. The van der Waals surface area contributed by atoms with Crippen molar-refractivity contribution in [2.45, 2.75) is 17.3 Å². The largest absolute Gasteiger partial charge is 0.461 e. The van der Waals surface area contributed by atoms with E-state index in [4.69, 9.17) is 13.7 Å². The van der Waals surface area contributed by atoms with Crippen LogP contribution < -0.4 is 0 Å². The monoisotopic (exact) mass is 398 g/mol. The summed E-state index contributed by atoms with van der Waals surface area (Å²) in [6.45, 7) is 0.0220. The van der Waals surface area contributed by atoms with Crippen molar-refractivity contribution >= 4 is 29.1 Å². The first-order chi connectivity index (χ1) is 13.3. The molecule has 6 nitrogen and oxygen atoms in total. The van der Waals surface area contributed by atoms with Gasteiger partial charge in [-0.15, -0.1) is 23.1 Å². The second kappa shape index (κ2) is 8.24. The van der Waals surface area contributed by atoms with Gasteiger partial charge < -0.3 is 13.7 Å². The highest BCUT2D eigenvalue weighted by molar-refractivity contribution is 7.98. The zero-order chi connectivity index (χ0) is 18.5. The van der Waals surface area contributed by atoms with Crippen LogP contribution in [0.15, 0.2) is 73.5 Å². The van der Waals surface area contributed by atoms with E-state index in [1.54, 1.807) is 59.1 Å². The molecule has 4 rings (SSSR count). The second-order valence-electron chi connectivity index (χ2n) is 5.50. The second-order valence-corrected chi connectivity index (χ2v) is 7.24. The van der Waals surface area contributed by atoms with E-state index in [2.05, 4.69) is 10.1 Å². The molecular formula is C19H14N2O4S2. The zero-order valence-electron chi connectivity index (χ0n) is 14.0. The zero-order valence-corrected chi connectivity index (χ0v) is 15.7. The maximum Gasteiger partial charge on any atom is 0.339 e. The van der Waals surface area contributed by atoms with Gasteiger partial charge in [-0.3, -0.25) is 0 Å². The number of thioether (sulfide) groups is 1. The molecule has 0 saturated carbocycles. The summed E-state index contributed by atoms with van der Waals surface area (Å²) in [7, 11) is 0. The van der Waals surface area contributed by atoms with Crippen molar-refractivity contribution in [1.82, 2.24) is 10.1 Å². The Kier molecular flexibility index (Phi) is 5.36. The molecule has 1 aromatic carbocycles. The Hall–Kier alpha value is -2.84. The number of carbonyl (C=O) groups excluding carboxylic acids is 1. The van der Waals surface area contributed by atoms with Gasteiger partial charge in [0.15, 0.2) is 5.76 Å². The van der Waals surface area contributed by atoms with Crippen LogP contribution in [0.5, 0.6) is 0 Å². The van der Waals surface area contributed by atoms with Crippen LogP contribution in [-0.4, -0.2) is 16.1 Å². The highest BCUT2D eigenvalue weighted by Gasteiger charge is 2.15. The molecule has 0 aliphatic carbocycles. The summed E-state index contributed by atoms with van der Waals surface area (Å²) in [6, 6.07) is 12.6. The number of esters is 1. The number of rotatable bonds is 7. The number of benzene rings is 1. The number of furan rings is 1. The van der Waals surface area contributed by atoms with Gasteiger partial charge in [0.2, 0.25) is 5.76 Å². The minimum Gasteiger partial charge on any atom is -0.461 e. The van der Waals surface area contributed by atoms with E-state index in [-0.39, 0.29) is 6.61 Å². The van der Waals surface area contributed by atoms with E-state index >= 15 is 0 Å². The van der Waals surface area contributed by atoms with Crippen molar-refractivity contribution in [3.63, 3.8) is 0 Å². The highest BCUT2D eigenvalue weighted by Crippen LogP contribution is 2.27. The summed E-state index contributed by atoms with van der Waals surface area (Å²) < 4.78 is 15.9. The SMILES string of the molecule is O=C(OCc1cc(-c2ccco2)on1)c1ccccc1SCc1cscn1. The highest BCUT2D eigenvalue weighted by atomic mass is 32.2. The maximum absolute atomic E-state index is 12.5. The minimum atomic E-state index is -0.404. The first kappa shape index (κ1) is 17.6. The van der Waals surface area contributed by atoms with Crippen molar-refractivity contribution < 1.29 is 18.5 Å². The standard InChI is InChI=1S/C19H14N2O4S2/c22-19(24-9-13-8-17(25-21-13)16-5-3-7-23-16)15-4-1-2-6-18(15)27-11-14-10-26-12-20-14/h1-8,10,12H,9,11H2. The molecule has 0 N–H and O–H groups in total. The van der Waals surface area contributed by atoms with Crippen molar-refractivity contribution in [2.75, 3.05) is 0 Å². The molecule has 8 heteroatoms. The molecule has 3 aromatic heterocycles. The maximum atomic E-state index is 12.5. The van der Waals surface area contributed by atoms with Gasteiger partial charge in [0.1, 0.15) is 12.3 Å². The topological polar surface area (TPSA) is 78.4 Å². The van der Waals surface area contributed by atoms with Gasteiger partial charge >= 0.3 is 5.97 Å². The van der Waals surface area contributed by atoms with Crippen LogP contribution in [0.1, 0.15) is 21.7 Å². The van der Waals surface area contributed by atoms with Crippen LogP contribution >= 0.6 is 23.1 Å². The fourth-order valence-electron chi connectivity index (χ4n) is 2.35. The van der Waals surface area contributed by atoms with E-state index in [9.17, 15) is 4.79 Å². The molecule has 4 aromatic rings. The third-order valence-corrected chi connectivity index (χ3v) is 5.38. The minimum absolute atomic E-state index is 0.0220. The van der Waals surface area contributed by atoms with Gasteiger partial charge in [0, 0.05) is 22.1 Å². The summed E-state index contributed by atoms with van der Waals surface area (Å²) >= 11 is 3.11. The number of ether oxygens (including phenoxy) is 1. The number of hydrogen-bond donors (Lipinski definition) is 0. The van der Waals surface area contributed by atoms with Crippen LogP contribution in [0.4, 0.5) is 0 Å². The van der Waals surface area contributed by atoms with Crippen molar-refractivity contribution in [1.29, 1.82) is 0 Å². The smallest absolute Gasteiger partial charge is 0.339 e. The normalized spacial score (nSPS) is 10.8. The molecule has 0 atom stereocenters. The number of thiazole rings is 1. The lowest BCUT2D eigenvalue weighted by Gasteiger charge is -2.08. The Morgan fingerprint density at radius 2 is 2.07 bits per heavy atom. The van der Waals surface area contributed by atoms with Crippen LogP contribution in [-0.2, 0) is 17.1 Å². The average Bonchev–Trinajstić information content (AvgIpc) is 3.47. The summed E-state index contributed by atoms with van der Waals surface area (Å²) in [4.78, 5) is 17.6. The van der Waals surface area contributed by atoms with Crippen LogP contribution in [0, 0.1) is 0 Å². The van der Waals surface area contributed by atoms with Gasteiger partial charge in [0.05, 0.1) is 23.0 Å². The molecule has 0 spiro atoms. The third-order valence-electron chi connectivity index (χ3n) is 3.64. The van der Waals surface area contributed by atoms with Crippen molar-refractivity contribution in [2.24, 2.45) is 0 Å². The molecule has 0 saturated heterocycles. The molecule has 0 radical (unpaired) electrons. The van der Waals surface area contributed by atoms with Gasteiger partial charge in [0.25, 0.3) is 0 Å². The first-order valence-electron chi connectivity index (χ1n) is 8.05. The Bertz CT molecular complexity index is 1010. The molecule has 0 aliphatic rings. The molecule has 0 amide bonds. The van der Waals surface area contributed by atoms with Gasteiger partial charge in [-0.1, -0.05) is 17.3 Å². The lowest BCUT2D eigenvalue weighted by atomic mass is 10.2. The molecule has 0 fully saturated rings. The summed E-state index contributed by atoms with van der Waals surface area (Å²) in [5.74, 6) is 1.36. The van der Waals surface area contributed by atoms with Gasteiger partial charge in [-0.25, -0.2) is 9.78 Å².